The Kier molecular flexibility index (Phi) is 4.17. The van der Waals surface area contributed by atoms with E-state index in [-0.39, 0.29) is 12.4 Å². The summed E-state index contributed by atoms with van der Waals surface area (Å²) < 4.78 is 40.1. The number of halogens is 4. The zero-order valence-electron chi connectivity index (χ0n) is 7.96. The molecule has 0 saturated carbocycles. The Bertz CT molecular complexity index is 370. The molecular formula is C9H9BrF3NO2. The molecule has 0 radical (unpaired) electrons. The second-order valence-electron chi connectivity index (χ2n) is 3.06. The molecule has 0 heterocycles. The third-order valence-corrected chi connectivity index (χ3v) is 2.21. The lowest BCUT2D eigenvalue weighted by Gasteiger charge is -2.13. The van der Waals surface area contributed by atoms with Crippen molar-refractivity contribution in [1.29, 1.82) is 0 Å². The van der Waals surface area contributed by atoms with E-state index in [2.05, 4.69) is 20.7 Å². The van der Waals surface area contributed by atoms with Crippen molar-refractivity contribution in [3.8, 4) is 5.75 Å². The highest BCUT2D eigenvalue weighted by molar-refractivity contribution is 9.10. The van der Waals surface area contributed by atoms with Crippen LogP contribution in [-0.2, 0) is 0 Å². The Morgan fingerprint density at radius 2 is 2.00 bits per heavy atom. The molecule has 0 bridgehead atoms. The van der Waals surface area contributed by atoms with Crippen molar-refractivity contribution in [2.45, 2.75) is 12.4 Å². The van der Waals surface area contributed by atoms with Gasteiger partial charge in [-0.2, -0.15) is 0 Å². The zero-order valence-corrected chi connectivity index (χ0v) is 9.55. The molecule has 0 spiro atoms. The van der Waals surface area contributed by atoms with Crippen LogP contribution in [0.25, 0.3) is 0 Å². The SMILES string of the molecule is N[C@@H](CO)c1cc(Br)cc(OC(F)(F)F)c1. The summed E-state index contributed by atoms with van der Waals surface area (Å²) in [4.78, 5) is 0. The molecule has 0 aliphatic rings. The van der Waals surface area contributed by atoms with Crippen LogP contribution in [-0.4, -0.2) is 18.1 Å². The first-order valence-corrected chi connectivity index (χ1v) is 5.04. The zero-order chi connectivity index (χ0) is 12.3. The van der Waals surface area contributed by atoms with Gasteiger partial charge < -0.3 is 15.6 Å². The van der Waals surface area contributed by atoms with Gasteiger partial charge in [-0.15, -0.1) is 13.2 Å². The fourth-order valence-corrected chi connectivity index (χ4v) is 1.59. The quantitative estimate of drug-likeness (QED) is 0.901. The largest absolute Gasteiger partial charge is 0.573 e. The highest BCUT2D eigenvalue weighted by Crippen LogP contribution is 2.28. The lowest BCUT2D eigenvalue weighted by molar-refractivity contribution is -0.274. The number of hydrogen-bond acceptors (Lipinski definition) is 3. The number of alkyl halides is 3. The molecule has 0 unspecified atom stereocenters. The van der Waals surface area contributed by atoms with Crippen LogP contribution in [0.5, 0.6) is 5.75 Å². The van der Waals surface area contributed by atoms with E-state index in [1.54, 1.807) is 0 Å². The van der Waals surface area contributed by atoms with Crippen molar-refractivity contribution in [2.75, 3.05) is 6.61 Å². The van der Waals surface area contributed by atoms with Gasteiger partial charge in [-0.25, -0.2) is 0 Å². The van der Waals surface area contributed by atoms with Crippen molar-refractivity contribution in [1.82, 2.24) is 0 Å². The van der Waals surface area contributed by atoms with Gasteiger partial charge in [0, 0.05) is 4.47 Å². The van der Waals surface area contributed by atoms with Crippen LogP contribution in [0.3, 0.4) is 0 Å². The highest BCUT2D eigenvalue weighted by Gasteiger charge is 2.31. The molecule has 0 fully saturated rings. The van der Waals surface area contributed by atoms with Crippen molar-refractivity contribution in [2.24, 2.45) is 5.73 Å². The summed E-state index contributed by atoms with van der Waals surface area (Å²) in [5.41, 5.74) is 5.85. The normalized spacial score (nSPS) is 13.6. The maximum Gasteiger partial charge on any atom is 0.573 e. The van der Waals surface area contributed by atoms with Gasteiger partial charge in [-0.1, -0.05) is 15.9 Å². The molecule has 0 aliphatic carbocycles. The Labute approximate surface area is 98.1 Å². The number of aliphatic hydroxyl groups excluding tert-OH is 1. The van der Waals surface area contributed by atoms with Gasteiger partial charge in [0.05, 0.1) is 12.6 Å². The Morgan fingerprint density at radius 1 is 1.38 bits per heavy atom. The molecule has 16 heavy (non-hydrogen) atoms. The van der Waals surface area contributed by atoms with Crippen LogP contribution < -0.4 is 10.5 Å². The number of hydrogen-bond donors (Lipinski definition) is 2. The van der Waals surface area contributed by atoms with E-state index >= 15 is 0 Å². The van der Waals surface area contributed by atoms with Gasteiger partial charge in [-0.05, 0) is 23.8 Å². The monoisotopic (exact) mass is 299 g/mol. The lowest BCUT2D eigenvalue weighted by atomic mass is 10.1. The molecule has 1 aromatic carbocycles. The van der Waals surface area contributed by atoms with Crippen molar-refractivity contribution >= 4 is 15.9 Å². The first kappa shape index (κ1) is 13.3. The van der Waals surface area contributed by atoms with Crippen LogP contribution >= 0.6 is 15.9 Å². The minimum Gasteiger partial charge on any atom is -0.406 e. The smallest absolute Gasteiger partial charge is 0.406 e. The predicted octanol–water partition coefficient (Wildman–Crippen LogP) is 2.34. The lowest BCUT2D eigenvalue weighted by Crippen LogP contribution is -2.18. The Hall–Kier alpha value is -0.790. The summed E-state index contributed by atoms with van der Waals surface area (Å²) >= 11 is 3.03. The van der Waals surface area contributed by atoms with Gasteiger partial charge in [0.25, 0.3) is 0 Å². The molecule has 0 aliphatic heterocycles. The van der Waals surface area contributed by atoms with Crippen molar-refractivity contribution < 1.29 is 23.0 Å². The summed E-state index contributed by atoms with van der Waals surface area (Å²) in [6, 6.07) is 3.08. The van der Waals surface area contributed by atoms with E-state index in [9.17, 15) is 13.2 Å². The maximum atomic E-state index is 12.0. The molecule has 3 N–H and O–H groups in total. The van der Waals surface area contributed by atoms with E-state index in [1.807, 2.05) is 0 Å². The molecule has 1 atom stereocenters. The minimum absolute atomic E-state index is 0.358. The van der Waals surface area contributed by atoms with Crippen molar-refractivity contribution in [3.63, 3.8) is 0 Å². The minimum atomic E-state index is -4.75. The van der Waals surface area contributed by atoms with Crippen LogP contribution in [0.4, 0.5) is 13.2 Å². The van der Waals surface area contributed by atoms with Crippen LogP contribution in [0.15, 0.2) is 22.7 Å². The van der Waals surface area contributed by atoms with E-state index in [0.717, 1.165) is 6.07 Å². The van der Waals surface area contributed by atoms with Gasteiger partial charge in [0.1, 0.15) is 5.75 Å². The van der Waals surface area contributed by atoms with E-state index in [4.69, 9.17) is 10.8 Å². The number of rotatable bonds is 3. The van der Waals surface area contributed by atoms with Gasteiger partial charge in [-0.3, -0.25) is 0 Å². The standard InChI is InChI=1S/C9H9BrF3NO2/c10-6-1-5(8(14)4-15)2-7(3-6)16-9(11,12)13/h1-3,8,15H,4,14H2/t8-/m0/s1. The van der Waals surface area contributed by atoms with Crippen LogP contribution in [0.1, 0.15) is 11.6 Å². The summed E-state index contributed by atoms with van der Waals surface area (Å²) in [7, 11) is 0. The molecule has 0 amide bonds. The number of benzene rings is 1. The van der Waals surface area contributed by atoms with Gasteiger partial charge >= 0.3 is 6.36 Å². The first-order valence-electron chi connectivity index (χ1n) is 4.24. The van der Waals surface area contributed by atoms with Gasteiger partial charge in [0.2, 0.25) is 0 Å². The summed E-state index contributed by atoms with van der Waals surface area (Å²) in [5, 5.41) is 8.80. The van der Waals surface area contributed by atoms with E-state index in [1.165, 1.54) is 12.1 Å². The van der Waals surface area contributed by atoms with E-state index in [0.29, 0.717) is 10.0 Å². The molecule has 3 nitrogen and oxygen atoms in total. The molecular weight excluding hydrogens is 291 g/mol. The van der Waals surface area contributed by atoms with Crippen LogP contribution in [0, 0.1) is 0 Å². The third kappa shape index (κ3) is 3.99. The summed E-state index contributed by atoms with van der Waals surface area (Å²) in [6.45, 7) is -0.359. The third-order valence-electron chi connectivity index (χ3n) is 1.75. The number of ether oxygens (including phenoxy) is 1. The number of aliphatic hydroxyl groups is 1. The second kappa shape index (κ2) is 5.03. The molecule has 0 aromatic heterocycles. The molecule has 1 aromatic rings. The summed E-state index contributed by atoms with van der Waals surface area (Å²) in [6.07, 6.45) is -4.75. The maximum absolute atomic E-state index is 12.0. The Balaban J connectivity index is 2.99. The average Bonchev–Trinajstić information content (AvgIpc) is 2.12. The fraction of sp³-hybridized carbons (Fsp3) is 0.333. The average molecular weight is 300 g/mol. The van der Waals surface area contributed by atoms with Crippen LogP contribution in [0.2, 0.25) is 0 Å². The van der Waals surface area contributed by atoms with Gasteiger partial charge in [0.15, 0.2) is 0 Å². The van der Waals surface area contributed by atoms with E-state index < -0.39 is 12.4 Å². The van der Waals surface area contributed by atoms with Crippen molar-refractivity contribution in [3.05, 3.63) is 28.2 Å². The molecule has 90 valence electrons. The molecule has 0 saturated heterocycles. The molecule has 1 rings (SSSR count). The Morgan fingerprint density at radius 3 is 2.50 bits per heavy atom. The molecule has 7 heteroatoms. The number of nitrogens with two attached hydrogens (primary N) is 1. The topological polar surface area (TPSA) is 55.5 Å². The first-order chi connectivity index (χ1) is 7.31. The predicted molar refractivity (Wildman–Crippen MR) is 54.8 cm³/mol. The summed E-state index contributed by atoms with van der Waals surface area (Å²) in [5.74, 6) is -0.374. The second-order valence-corrected chi connectivity index (χ2v) is 3.97. The fourth-order valence-electron chi connectivity index (χ4n) is 1.10. The highest BCUT2D eigenvalue weighted by atomic mass is 79.9.